The SMILES string of the molecule is CC(=O)Cc1ccnn1CC1CC1. The third kappa shape index (κ3) is 2.17. The number of Topliss-reactive ketones (excluding diaryl/α,β-unsaturated/α-hetero) is 1. The molecule has 13 heavy (non-hydrogen) atoms. The molecular formula is C10H14N2O. The van der Waals surface area contributed by atoms with Crippen molar-refractivity contribution in [2.24, 2.45) is 5.92 Å². The van der Waals surface area contributed by atoms with Gasteiger partial charge in [0.05, 0.1) is 0 Å². The molecule has 0 saturated heterocycles. The normalized spacial score (nSPS) is 16.1. The van der Waals surface area contributed by atoms with Crippen LogP contribution in [0.25, 0.3) is 0 Å². The van der Waals surface area contributed by atoms with Crippen LogP contribution in [0.5, 0.6) is 0 Å². The highest BCUT2D eigenvalue weighted by Crippen LogP contribution is 2.30. The predicted octanol–water partition coefficient (Wildman–Crippen LogP) is 1.42. The summed E-state index contributed by atoms with van der Waals surface area (Å²) in [6.07, 6.45) is 4.94. The minimum absolute atomic E-state index is 0.206. The number of hydrogen-bond donors (Lipinski definition) is 0. The monoisotopic (exact) mass is 178 g/mol. The third-order valence-corrected chi connectivity index (χ3v) is 2.36. The Kier molecular flexibility index (Phi) is 2.17. The van der Waals surface area contributed by atoms with Gasteiger partial charge in [-0.3, -0.25) is 9.48 Å². The lowest BCUT2D eigenvalue weighted by molar-refractivity contribution is -0.116. The molecular weight excluding hydrogens is 164 g/mol. The molecule has 1 fully saturated rings. The Balaban J connectivity index is 2.05. The Morgan fingerprint density at radius 2 is 2.46 bits per heavy atom. The molecule has 2 rings (SSSR count). The van der Waals surface area contributed by atoms with Gasteiger partial charge in [0.1, 0.15) is 5.78 Å². The Labute approximate surface area is 77.7 Å². The molecule has 1 aliphatic rings. The van der Waals surface area contributed by atoms with E-state index in [2.05, 4.69) is 5.10 Å². The molecule has 0 bridgehead atoms. The average Bonchev–Trinajstić information content (AvgIpc) is 2.75. The number of ketones is 1. The van der Waals surface area contributed by atoms with Crippen LogP contribution in [0.1, 0.15) is 25.5 Å². The quantitative estimate of drug-likeness (QED) is 0.699. The van der Waals surface area contributed by atoms with Crippen LogP contribution in [-0.4, -0.2) is 15.6 Å². The minimum atomic E-state index is 0.206. The van der Waals surface area contributed by atoms with Crippen molar-refractivity contribution >= 4 is 5.78 Å². The number of nitrogens with zero attached hydrogens (tertiary/aromatic N) is 2. The van der Waals surface area contributed by atoms with Crippen molar-refractivity contribution in [1.82, 2.24) is 9.78 Å². The van der Waals surface area contributed by atoms with Gasteiger partial charge in [0, 0.05) is 24.9 Å². The van der Waals surface area contributed by atoms with E-state index >= 15 is 0 Å². The molecule has 1 aromatic heterocycles. The van der Waals surface area contributed by atoms with Crippen molar-refractivity contribution in [2.45, 2.75) is 32.7 Å². The first kappa shape index (κ1) is 8.48. The zero-order valence-electron chi connectivity index (χ0n) is 7.86. The molecule has 0 radical (unpaired) electrons. The van der Waals surface area contributed by atoms with Crippen molar-refractivity contribution in [3.63, 3.8) is 0 Å². The van der Waals surface area contributed by atoms with Gasteiger partial charge in [0.15, 0.2) is 0 Å². The highest BCUT2D eigenvalue weighted by molar-refractivity contribution is 5.77. The summed E-state index contributed by atoms with van der Waals surface area (Å²) in [5.74, 6) is 1.02. The van der Waals surface area contributed by atoms with E-state index in [4.69, 9.17) is 0 Å². The Bertz CT molecular complexity index is 312. The van der Waals surface area contributed by atoms with E-state index in [1.54, 1.807) is 13.1 Å². The molecule has 0 amide bonds. The van der Waals surface area contributed by atoms with Gasteiger partial charge in [0.25, 0.3) is 0 Å². The summed E-state index contributed by atoms with van der Waals surface area (Å²) in [6.45, 7) is 2.62. The topological polar surface area (TPSA) is 34.9 Å². The lowest BCUT2D eigenvalue weighted by Crippen LogP contribution is -2.09. The number of hydrogen-bond acceptors (Lipinski definition) is 2. The van der Waals surface area contributed by atoms with Crippen LogP contribution in [0.3, 0.4) is 0 Å². The second-order valence-electron chi connectivity index (χ2n) is 3.83. The molecule has 0 aromatic carbocycles. The van der Waals surface area contributed by atoms with Crippen molar-refractivity contribution in [3.05, 3.63) is 18.0 Å². The van der Waals surface area contributed by atoms with Gasteiger partial charge in [-0.25, -0.2) is 0 Å². The van der Waals surface area contributed by atoms with Gasteiger partial charge < -0.3 is 0 Å². The highest BCUT2D eigenvalue weighted by Gasteiger charge is 2.22. The average molecular weight is 178 g/mol. The van der Waals surface area contributed by atoms with Crippen LogP contribution in [0.15, 0.2) is 12.3 Å². The molecule has 3 nitrogen and oxygen atoms in total. The van der Waals surface area contributed by atoms with Crippen molar-refractivity contribution in [3.8, 4) is 0 Å². The van der Waals surface area contributed by atoms with Crippen molar-refractivity contribution < 1.29 is 4.79 Å². The zero-order valence-corrected chi connectivity index (χ0v) is 7.86. The first-order valence-electron chi connectivity index (χ1n) is 4.76. The van der Waals surface area contributed by atoms with Crippen molar-refractivity contribution in [1.29, 1.82) is 0 Å². The Hall–Kier alpha value is -1.12. The summed E-state index contributed by atoms with van der Waals surface area (Å²) in [5, 5.41) is 4.21. The molecule has 1 aliphatic carbocycles. The summed E-state index contributed by atoms with van der Waals surface area (Å²) in [5.41, 5.74) is 1.06. The zero-order chi connectivity index (χ0) is 9.26. The Morgan fingerprint density at radius 1 is 1.69 bits per heavy atom. The second-order valence-corrected chi connectivity index (χ2v) is 3.83. The summed E-state index contributed by atoms with van der Waals surface area (Å²) < 4.78 is 1.97. The maximum Gasteiger partial charge on any atom is 0.135 e. The van der Waals surface area contributed by atoms with Crippen LogP contribution < -0.4 is 0 Å². The standard InChI is InChI=1S/C10H14N2O/c1-8(13)6-10-4-5-11-12(10)7-9-2-3-9/h4-5,9H,2-3,6-7H2,1H3. The molecule has 0 aliphatic heterocycles. The van der Waals surface area contributed by atoms with E-state index in [-0.39, 0.29) is 5.78 Å². The van der Waals surface area contributed by atoms with Gasteiger partial charge in [0.2, 0.25) is 0 Å². The van der Waals surface area contributed by atoms with E-state index in [9.17, 15) is 4.79 Å². The van der Waals surface area contributed by atoms with Crippen LogP contribution in [0.2, 0.25) is 0 Å². The molecule has 0 N–H and O–H groups in total. The molecule has 1 aromatic rings. The number of aromatic nitrogens is 2. The lowest BCUT2D eigenvalue weighted by Gasteiger charge is -2.04. The third-order valence-electron chi connectivity index (χ3n) is 2.36. The van der Waals surface area contributed by atoms with Crippen LogP contribution in [0, 0.1) is 5.92 Å². The Morgan fingerprint density at radius 3 is 3.08 bits per heavy atom. The first-order valence-corrected chi connectivity index (χ1v) is 4.76. The molecule has 0 unspecified atom stereocenters. The van der Waals surface area contributed by atoms with Crippen LogP contribution in [-0.2, 0) is 17.8 Å². The summed E-state index contributed by atoms with van der Waals surface area (Å²) in [6, 6.07) is 1.93. The fraction of sp³-hybridized carbons (Fsp3) is 0.600. The maximum absolute atomic E-state index is 10.9. The molecule has 0 spiro atoms. The van der Waals surface area contributed by atoms with E-state index in [0.29, 0.717) is 6.42 Å². The fourth-order valence-corrected chi connectivity index (χ4v) is 1.47. The largest absolute Gasteiger partial charge is 0.300 e. The van der Waals surface area contributed by atoms with Crippen LogP contribution in [0.4, 0.5) is 0 Å². The molecule has 0 atom stereocenters. The second kappa shape index (κ2) is 3.32. The van der Waals surface area contributed by atoms with E-state index in [1.807, 2.05) is 10.7 Å². The highest BCUT2D eigenvalue weighted by atomic mass is 16.1. The van der Waals surface area contributed by atoms with Gasteiger partial charge in [-0.05, 0) is 31.7 Å². The van der Waals surface area contributed by atoms with Crippen LogP contribution >= 0.6 is 0 Å². The maximum atomic E-state index is 10.9. The number of carbonyl (C=O) groups excluding carboxylic acids is 1. The minimum Gasteiger partial charge on any atom is -0.300 e. The fourth-order valence-electron chi connectivity index (χ4n) is 1.47. The van der Waals surface area contributed by atoms with E-state index in [0.717, 1.165) is 18.2 Å². The van der Waals surface area contributed by atoms with Gasteiger partial charge in [-0.1, -0.05) is 0 Å². The summed E-state index contributed by atoms with van der Waals surface area (Å²) in [4.78, 5) is 10.9. The summed E-state index contributed by atoms with van der Waals surface area (Å²) in [7, 11) is 0. The van der Waals surface area contributed by atoms with Gasteiger partial charge >= 0.3 is 0 Å². The number of rotatable bonds is 4. The molecule has 3 heteroatoms. The smallest absolute Gasteiger partial charge is 0.135 e. The molecule has 1 saturated carbocycles. The molecule has 70 valence electrons. The first-order chi connectivity index (χ1) is 6.25. The summed E-state index contributed by atoms with van der Waals surface area (Å²) >= 11 is 0. The lowest BCUT2D eigenvalue weighted by atomic mass is 10.2. The van der Waals surface area contributed by atoms with Gasteiger partial charge in [-0.2, -0.15) is 5.10 Å². The number of carbonyl (C=O) groups is 1. The molecule has 1 heterocycles. The van der Waals surface area contributed by atoms with E-state index in [1.165, 1.54) is 12.8 Å². The van der Waals surface area contributed by atoms with Crippen molar-refractivity contribution in [2.75, 3.05) is 0 Å². The van der Waals surface area contributed by atoms with Gasteiger partial charge in [-0.15, -0.1) is 0 Å². The van der Waals surface area contributed by atoms with E-state index < -0.39 is 0 Å². The predicted molar refractivity (Wildman–Crippen MR) is 49.3 cm³/mol.